The molecule has 0 amide bonds. The molecule has 0 N–H and O–H groups in total. The van der Waals surface area contributed by atoms with Gasteiger partial charge in [0.25, 0.3) is 0 Å². The molecule has 0 bridgehead atoms. The number of hydrogen-bond donors (Lipinski definition) is 0. The maximum atomic E-state index is 12.9. The third kappa shape index (κ3) is 2.54. The second-order valence-electron chi connectivity index (χ2n) is 3.59. The maximum Gasteiger partial charge on any atom is 0.123 e. The number of benzene rings is 2. The van der Waals surface area contributed by atoms with Crippen molar-refractivity contribution in [2.45, 2.75) is 6.92 Å². The van der Waals surface area contributed by atoms with Gasteiger partial charge in [0, 0.05) is 6.21 Å². The maximum absolute atomic E-state index is 12.9. The van der Waals surface area contributed by atoms with Gasteiger partial charge in [0.1, 0.15) is 5.82 Å². The SMILES string of the molecule is Cc1cc(F)ccc1/C=N/c1ccccc1. The van der Waals surface area contributed by atoms with Gasteiger partial charge in [0.05, 0.1) is 5.69 Å². The van der Waals surface area contributed by atoms with E-state index in [1.165, 1.54) is 12.1 Å². The molecule has 0 fully saturated rings. The van der Waals surface area contributed by atoms with Gasteiger partial charge in [-0.2, -0.15) is 0 Å². The van der Waals surface area contributed by atoms with E-state index in [2.05, 4.69) is 4.99 Å². The molecule has 80 valence electrons. The highest BCUT2D eigenvalue weighted by Gasteiger charge is 1.96. The van der Waals surface area contributed by atoms with Crippen LogP contribution < -0.4 is 0 Å². The second-order valence-corrected chi connectivity index (χ2v) is 3.59. The summed E-state index contributed by atoms with van der Waals surface area (Å²) in [5, 5.41) is 0. The van der Waals surface area contributed by atoms with Crippen LogP contribution in [0, 0.1) is 12.7 Å². The summed E-state index contributed by atoms with van der Waals surface area (Å²) in [7, 11) is 0. The first-order valence-electron chi connectivity index (χ1n) is 5.11. The van der Waals surface area contributed by atoms with Crippen molar-refractivity contribution in [3.05, 3.63) is 65.5 Å². The molecule has 0 unspecified atom stereocenters. The molecule has 0 heterocycles. The Morgan fingerprint density at radius 3 is 2.50 bits per heavy atom. The summed E-state index contributed by atoms with van der Waals surface area (Å²) >= 11 is 0. The zero-order valence-corrected chi connectivity index (χ0v) is 9.02. The number of aliphatic imine (C=N–C) groups is 1. The van der Waals surface area contributed by atoms with E-state index in [0.29, 0.717) is 0 Å². The molecule has 0 aliphatic carbocycles. The Morgan fingerprint density at radius 2 is 1.81 bits per heavy atom. The van der Waals surface area contributed by atoms with E-state index in [9.17, 15) is 4.39 Å². The number of rotatable bonds is 2. The molecule has 0 saturated heterocycles. The molecule has 2 aromatic rings. The molecule has 0 spiro atoms. The summed E-state index contributed by atoms with van der Waals surface area (Å²) in [6.45, 7) is 1.87. The molecule has 0 radical (unpaired) electrons. The van der Waals surface area contributed by atoms with Crippen molar-refractivity contribution in [1.82, 2.24) is 0 Å². The molecule has 1 nitrogen and oxygen atoms in total. The van der Waals surface area contributed by atoms with Gasteiger partial charge in [-0.15, -0.1) is 0 Å². The van der Waals surface area contributed by atoms with Crippen molar-refractivity contribution in [2.24, 2.45) is 4.99 Å². The van der Waals surface area contributed by atoms with Gasteiger partial charge < -0.3 is 0 Å². The highest BCUT2D eigenvalue weighted by Crippen LogP contribution is 2.12. The minimum Gasteiger partial charge on any atom is -0.256 e. The molecule has 0 aromatic heterocycles. The monoisotopic (exact) mass is 213 g/mol. The average Bonchev–Trinajstić information content (AvgIpc) is 2.29. The van der Waals surface area contributed by atoms with Crippen LogP contribution in [-0.4, -0.2) is 6.21 Å². The minimum absolute atomic E-state index is 0.214. The van der Waals surface area contributed by atoms with Gasteiger partial charge in [0.15, 0.2) is 0 Å². The van der Waals surface area contributed by atoms with Gasteiger partial charge in [-0.1, -0.05) is 24.3 Å². The predicted octanol–water partition coefficient (Wildman–Crippen LogP) is 3.88. The molecule has 2 aromatic carbocycles. The largest absolute Gasteiger partial charge is 0.256 e. The number of hydrogen-bond acceptors (Lipinski definition) is 1. The van der Waals surface area contributed by atoms with Gasteiger partial charge in [0.2, 0.25) is 0 Å². The lowest BCUT2D eigenvalue weighted by molar-refractivity contribution is 0.626. The van der Waals surface area contributed by atoms with Crippen LogP contribution in [0.2, 0.25) is 0 Å². The first-order valence-corrected chi connectivity index (χ1v) is 5.11. The topological polar surface area (TPSA) is 12.4 Å². The van der Waals surface area contributed by atoms with Crippen LogP contribution in [-0.2, 0) is 0 Å². The lowest BCUT2D eigenvalue weighted by Crippen LogP contribution is -1.87. The van der Waals surface area contributed by atoms with E-state index in [4.69, 9.17) is 0 Å². The number of aryl methyl sites for hydroxylation is 1. The molecular formula is C14H12FN. The van der Waals surface area contributed by atoms with Crippen LogP contribution in [0.1, 0.15) is 11.1 Å². The Labute approximate surface area is 94.3 Å². The molecule has 2 heteroatoms. The van der Waals surface area contributed by atoms with Gasteiger partial charge >= 0.3 is 0 Å². The standard InChI is InChI=1S/C14H12FN/c1-11-9-13(15)8-7-12(11)10-16-14-5-3-2-4-6-14/h2-10H,1H3/b16-10+. The summed E-state index contributed by atoms with van der Waals surface area (Å²) in [6.07, 6.45) is 1.75. The van der Waals surface area contributed by atoms with Crippen LogP contribution in [0.25, 0.3) is 0 Å². The summed E-state index contributed by atoms with van der Waals surface area (Å²) in [5.74, 6) is -0.214. The first-order chi connectivity index (χ1) is 7.75. The predicted molar refractivity (Wildman–Crippen MR) is 64.8 cm³/mol. The van der Waals surface area contributed by atoms with Crippen molar-refractivity contribution >= 4 is 11.9 Å². The van der Waals surface area contributed by atoms with Crippen LogP contribution in [0.4, 0.5) is 10.1 Å². The van der Waals surface area contributed by atoms with E-state index in [1.54, 1.807) is 12.3 Å². The quantitative estimate of drug-likeness (QED) is 0.671. The second kappa shape index (κ2) is 4.71. The number of nitrogens with zero attached hydrogens (tertiary/aromatic N) is 1. The Hall–Kier alpha value is -1.96. The average molecular weight is 213 g/mol. The molecule has 0 aliphatic rings. The van der Waals surface area contributed by atoms with Crippen LogP contribution in [0.15, 0.2) is 53.5 Å². The molecule has 0 saturated carbocycles. The van der Waals surface area contributed by atoms with Gasteiger partial charge in [-0.25, -0.2) is 4.39 Å². The summed E-state index contributed by atoms with van der Waals surface area (Å²) in [6, 6.07) is 14.4. The number of para-hydroxylation sites is 1. The third-order valence-corrected chi connectivity index (χ3v) is 2.34. The fourth-order valence-electron chi connectivity index (χ4n) is 1.44. The third-order valence-electron chi connectivity index (χ3n) is 2.34. The van der Waals surface area contributed by atoms with Crippen LogP contribution in [0.5, 0.6) is 0 Å². The van der Waals surface area contributed by atoms with Crippen molar-refractivity contribution in [1.29, 1.82) is 0 Å². The van der Waals surface area contributed by atoms with Crippen molar-refractivity contribution in [3.63, 3.8) is 0 Å². The van der Waals surface area contributed by atoms with Crippen molar-refractivity contribution < 1.29 is 4.39 Å². The zero-order valence-electron chi connectivity index (χ0n) is 9.02. The summed E-state index contributed by atoms with van der Waals surface area (Å²) in [4.78, 5) is 4.32. The normalized spacial score (nSPS) is 10.9. The van der Waals surface area contributed by atoms with Crippen LogP contribution >= 0.6 is 0 Å². The Bertz CT molecular complexity index is 503. The Kier molecular flexibility index (Phi) is 3.10. The van der Waals surface area contributed by atoms with E-state index < -0.39 is 0 Å². The first kappa shape index (κ1) is 10.6. The highest BCUT2D eigenvalue weighted by molar-refractivity contribution is 5.83. The fourth-order valence-corrected chi connectivity index (χ4v) is 1.44. The molecule has 0 aliphatic heterocycles. The minimum atomic E-state index is -0.214. The smallest absolute Gasteiger partial charge is 0.123 e. The van der Waals surface area contributed by atoms with Crippen LogP contribution in [0.3, 0.4) is 0 Å². The number of halogens is 1. The molecule has 2 rings (SSSR count). The molecule has 16 heavy (non-hydrogen) atoms. The Morgan fingerprint density at radius 1 is 1.06 bits per heavy atom. The van der Waals surface area contributed by atoms with Crippen molar-refractivity contribution in [2.75, 3.05) is 0 Å². The fraction of sp³-hybridized carbons (Fsp3) is 0.0714. The summed E-state index contributed by atoms with van der Waals surface area (Å²) < 4.78 is 12.9. The summed E-state index contributed by atoms with van der Waals surface area (Å²) in [5.41, 5.74) is 2.72. The molecular weight excluding hydrogens is 201 g/mol. The van der Waals surface area contributed by atoms with E-state index in [-0.39, 0.29) is 5.82 Å². The van der Waals surface area contributed by atoms with E-state index in [1.807, 2.05) is 37.3 Å². The lowest BCUT2D eigenvalue weighted by atomic mass is 10.1. The molecule has 0 atom stereocenters. The Balaban J connectivity index is 2.24. The highest BCUT2D eigenvalue weighted by atomic mass is 19.1. The zero-order chi connectivity index (χ0) is 11.4. The van der Waals surface area contributed by atoms with Crippen molar-refractivity contribution in [3.8, 4) is 0 Å². The van der Waals surface area contributed by atoms with Gasteiger partial charge in [-0.3, -0.25) is 4.99 Å². The lowest BCUT2D eigenvalue weighted by Gasteiger charge is -1.99. The van der Waals surface area contributed by atoms with E-state index >= 15 is 0 Å². The van der Waals surface area contributed by atoms with Gasteiger partial charge in [-0.05, 0) is 42.3 Å². The van der Waals surface area contributed by atoms with E-state index in [0.717, 1.165) is 16.8 Å².